The van der Waals surface area contributed by atoms with Gasteiger partial charge in [-0.05, 0) is 52.3 Å². The van der Waals surface area contributed by atoms with Crippen molar-refractivity contribution in [1.29, 1.82) is 0 Å². The third kappa shape index (κ3) is 4.08. The van der Waals surface area contributed by atoms with Gasteiger partial charge in [-0.25, -0.2) is 8.42 Å². The Bertz CT molecular complexity index is 1150. The first-order chi connectivity index (χ1) is 13.8. The number of hydrogen-bond acceptors (Lipinski definition) is 4. The molecule has 2 heterocycles. The summed E-state index contributed by atoms with van der Waals surface area (Å²) in [6.45, 7) is 4.89. The molecule has 1 aliphatic rings. The number of sulfonamides is 1. The molecule has 152 valence electrons. The van der Waals surface area contributed by atoms with Crippen LogP contribution in [-0.4, -0.2) is 31.8 Å². The quantitative estimate of drug-likeness (QED) is 0.672. The number of rotatable bonds is 5. The van der Waals surface area contributed by atoms with E-state index < -0.39 is 16.1 Å². The SMILES string of the molecule is CC(C)C(NS(=O)(=O)c1ccc2ccccc2c1)C(=O)N1CCc2sccc2C1. The Labute approximate surface area is 175 Å². The van der Waals surface area contributed by atoms with E-state index in [1.807, 2.05) is 49.6 Å². The standard InChI is InChI=1S/C22H24N2O3S2/c1-15(2)21(22(25)24-11-9-20-18(14-24)10-12-28-20)23-29(26,27)19-8-7-16-5-3-4-6-17(16)13-19/h3-8,10,12-13,15,21,23H,9,11,14H2,1-2H3. The van der Waals surface area contributed by atoms with Crippen LogP contribution in [-0.2, 0) is 27.8 Å². The smallest absolute Gasteiger partial charge is 0.241 e. The molecular weight excluding hydrogens is 404 g/mol. The molecule has 1 atom stereocenters. The van der Waals surface area contributed by atoms with E-state index in [2.05, 4.69) is 4.72 Å². The maximum absolute atomic E-state index is 13.2. The summed E-state index contributed by atoms with van der Waals surface area (Å²) >= 11 is 1.71. The Balaban J connectivity index is 1.57. The Morgan fingerprint density at radius 1 is 1.10 bits per heavy atom. The van der Waals surface area contributed by atoms with E-state index in [0.29, 0.717) is 13.1 Å². The minimum absolute atomic E-state index is 0.165. The van der Waals surface area contributed by atoms with Gasteiger partial charge in [-0.2, -0.15) is 4.72 Å². The highest BCUT2D eigenvalue weighted by molar-refractivity contribution is 7.89. The zero-order chi connectivity index (χ0) is 20.6. The van der Waals surface area contributed by atoms with Crippen molar-refractivity contribution in [1.82, 2.24) is 9.62 Å². The van der Waals surface area contributed by atoms with Crippen LogP contribution in [0.4, 0.5) is 0 Å². The van der Waals surface area contributed by atoms with Crippen LogP contribution >= 0.6 is 11.3 Å². The summed E-state index contributed by atoms with van der Waals surface area (Å²) in [4.78, 5) is 16.4. The number of amides is 1. The molecule has 1 amide bonds. The predicted octanol–water partition coefficient (Wildman–Crippen LogP) is 3.79. The molecule has 4 rings (SSSR count). The Morgan fingerprint density at radius 2 is 1.86 bits per heavy atom. The van der Waals surface area contributed by atoms with Crippen LogP contribution in [0.25, 0.3) is 10.8 Å². The van der Waals surface area contributed by atoms with E-state index >= 15 is 0 Å². The molecule has 1 aromatic heterocycles. The molecule has 0 fully saturated rings. The van der Waals surface area contributed by atoms with Gasteiger partial charge in [0, 0.05) is 18.0 Å². The Kier molecular flexibility index (Phi) is 5.46. The molecule has 2 aromatic carbocycles. The first kappa shape index (κ1) is 20.1. The lowest BCUT2D eigenvalue weighted by atomic mass is 10.0. The van der Waals surface area contributed by atoms with Gasteiger partial charge in [0.05, 0.1) is 4.90 Å². The van der Waals surface area contributed by atoms with Crippen molar-refractivity contribution in [3.63, 3.8) is 0 Å². The number of benzene rings is 2. The third-order valence-electron chi connectivity index (χ3n) is 5.37. The maximum atomic E-state index is 13.2. The summed E-state index contributed by atoms with van der Waals surface area (Å²) in [5.41, 5.74) is 1.16. The van der Waals surface area contributed by atoms with Crippen LogP contribution in [0.5, 0.6) is 0 Å². The van der Waals surface area contributed by atoms with Gasteiger partial charge in [0.25, 0.3) is 0 Å². The van der Waals surface area contributed by atoms with E-state index in [1.54, 1.807) is 34.4 Å². The lowest BCUT2D eigenvalue weighted by Crippen LogP contribution is -2.52. The molecule has 1 unspecified atom stereocenters. The molecule has 7 heteroatoms. The third-order valence-corrected chi connectivity index (χ3v) is 7.83. The number of carbonyl (C=O) groups is 1. The van der Waals surface area contributed by atoms with Crippen LogP contribution in [0.1, 0.15) is 24.3 Å². The molecule has 3 aromatic rings. The minimum Gasteiger partial charge on any atom is -0.337 e. The van der Waals surface area contributed by atoms with Crippen molar-refractivity contribution < 1.29 is 13.2 Å². The van der Waals surface area contributed by atoms with Crippen LogP contribution in [0.3, 0.4) is 0 Å². The van der Waals surface area contributed by atoms with Crippen molar-refractivity contribution in [2.75, 3.05) is 6.54 Å². The number of hydrogen-bond donors (Lipinski definition) is 1. The second-order valence-electron chi connectivity index (χ2n) is 7.73. The molecule has 0 saturated carbocycles. The molecule has 1 aliphatic heterocycles. The van der Waals surface area contributed by atoms with Crippen molar-refractivity contribution in [3.05, 3.63) is 64.4 Å². The van der Waals surface area contributed by atoms with E-state index in [1.165, 1.54) is 4.88 Å². The lowest BCUT2D eigenvalue weighted by Gasteiger charge is -2.32. The van der Waals surface area contributed by atoms with Crippen molar-refractivity contribution >= 4 is 38.0 Å². The van der Waals surface area contributed by atoms with Crippen LogP contribution in [0.15, 0.2) is 58.8 Å². The van der Waals surface area contributed by atoms with Crippen LogP contribution in [0.2, 0.25) is 0 Å². The summed E-state index contributed by atoms with van der Waals surface area (Å²) in [5.74, 6) is -0.331. The first-order valence-electron chi connectivity index (χ1n) is 9.70. The number of carbonyl (C=O) groups excluding carboxylic acids is 1. The van der Waals surface area contributed by atoms with E-state index in [9.17, 15) is 13.2 Å². The van der Waals surface area contributed by atoms with E-state index in [-0.39, 0.29) is 16.7 Å². The topological polar surface area (TPSA) is 66.5 Å². The molecule has 0 bridgehead atoms. The molecule has 0 spiro atoms. The molecule has 0 aliphatic carbocycles. The molecule has 0 saturated heterocycles. The first-order valence-corrected chi connectivity index (χ1v) is 12.1. The molecule has 5 nitrogen and oxygen atoms in total. The average molecular weight is 429 g/mol. The molecular formula is C22H24N2O3S2. The van der Waals surface area contributed by atoms with Gasteiger partial charge in [-0.15, -0.1) is 11.3 Å². The summed E-state index contributed by atoms with van der Waals surface area (Å²) in [6.07, 6.45) is 0.820. The van der Waals surface area contributed by atoms with Crippen molar-refractivity contribution in [2.45, 2.75) is 37.8 Å². The maximum Gasteiger partial charge on any atom is 0.241 e. The van der Waals surface area contributed by atoms with Gasteiger partial charge in [0.2, 0.25) is 15.9 Å². The highest BCUT2D eigenvalue weighted by atomic mass is 32.2. The number of nitrogens with zero attached hydrogens (tertiary/aromatic N) is 1. The predicted molar refractivity (Wildman–Crippen MR) is 116 cm³/mol. The number of thiophene rings is 1. The normalized spacial score (nSPS) is 15.5. The number of nitrogens with one attached hydrogen (secondary N) is 1. The molecule has 29 heavy (non-hydrogen) atoms. The zero-order valence-electron chi connectivity index (χ0n) is 16.5. The monoisotopic (exact) mass is 428 g/mol. The molecule has 0 radical (unpaired) electrons. The second-order valence-corrected chi connectivity index (χ2v) is 10.4. The highest BCUT2D eigenvalue weighted by Gasteiger charge is 2.33. The summed E-state index contributed by atoms with van der Waals surface area (Å²) in [7, 11) is -3.82. The Hall–Kier alpha value is -2.22. The van der Waals surface area contributed by atoms with Gasteiger partial charge in [0.15, 0.2) is 0 Å². The largest absolute Gasteiger partial charge is 0.337 e. The summed E-state index contributed by atoms with van der Waals surface area (Å²) < 4.78 is 28.8. The number of fused-ring (bicyclic) bond motifs is 2. The highest BCUT2D eigenvalue weighted by Crippen LogP contribution is 2.25. The zero-order valence-corrected chi connectivity index (χ0v) is 18.1. The fourth-order valence-electron chi connectivity index (χ4n) is 3.67. The van der Waals surface area contributed by atoms with E-state index in [0.717, 1.165) is 22.8 Å². The van der Waals surface area contributed by atoms with Crippen LogP contribution < -0.4 is 4.72 Å². The fourth-order valence-corrected chi connectivity index (χ4v) is 5.94. The van der Waals surface area contributed by atoms with Gasteiger partial charge in [-0.3, -0.25) is 4.79 Å². The minimum atomic E-state index is -3.82. The lowest BCUT2D eigenvalue weighted by molar-refractivity contribution is -0.134. The van der Waals surface area contributed by atoms with Gasteiger partial charge in [0.1, 0.15) is 6.04 Å². The summed E-state index contributed by atoms with van der Waals surface area (Å²) in [6, 6.07) is 13.9. The van der Waals surface area contributed by atoms with Gasteiger partial charge >= 0.3 is 0 Å². The Morgan fingerprint density at radius 3 is 2.62 bits per heavy atom. The van der Waals surface area contributed by atoms with Gasteiger partial charge < -0.3 is 4.90 Å². The van der Waals surface area contributed by atoms with Crippen molar-refractivity contribution in [3.8, 4) is 0 Å². The van der Waals surface area contributed by atoms with Crippen molar-refractivity contribution in [2.24, 2.45) is 5.92 Å². The second kappa shape index (κ2) is 7.89. The van der Waals surface area contributed by atoms with Crippen LogP contribution in [0, 0.1) is 5.92 Å². The molecule has 1 N–H and O–H groups in total. The van der Waals surface area contributed by atoms with E-state index in [4.69, 9.17) is 0 Å². The average Bonchev–Trinajstić information content (AvgIpc) is 3.19. The summed E-state index contributed by atoms with van der Waals surface area (Å²) in [5, 5.41) is 3.87. The van der Waals surface area contributed by atoms with Gasteiger partial charge in [-0.1, -0.05) is 44.2 Å². The fraction of sp³-hybridized carbons (Fsp3) is 0.318.